The smallest absolute Gasteiger partial charge is 0.387 e. The molecule has 0 aliphatic rings. The first-order chi connectivity index (χ1) is 11.4. The second-order valence-corrected chi connectivity index (χ2v) is 4.92. The summed E-state index contributed by atoms with van der Waals surface area (Å²) in [6.07, 6.45) is 0.547. The lowest BCUT2D eigenvalue weighted by Crippen LogP contribution is -2.30. The van der Waals surface area contributed by atoms with Gasteiger partial charge in [0.25, 0.3) is 5.91 Å². The Morgan fingerprint density at radius 2 is 1.88 bits per heavy atom. The van der Waals surface area contributed by atoms with Gasteiger partial charge in [-0.2, -0.15) is 8.78 Å². The third-order valence-electron chi connectivity index (χ3n) is 3.17. The van der Waals surface area contributed by atoms with Crippen molar-refractivity contribution < 1.29 is 27.8 Å². The van der Waals surface area contributed by atoms with Gasteiger partial charge >= 0.3 is 12.6 Å². The number of hydrogen-bond donors (Lipinski definition) is 1. The number of nitrogens with zero attached hydrogens (tertiary/aromatic N) is 1. The SMILES string of the molecule is C[C@@H](OC(=O)c1cccn1C)C(=O)Nc1ccccc1OC(F)F. The van der Waals surface area contributed by atoms with E-state index in [4.69, 9.17) is 4.74 Å². The van der Waals surface area contributed by atoms with Gasteiger partial charge in [0.15, 0.2) is 6.10 Å². The van der Waals surface area contributed by atoms with Crippen LogP contribution in [0.5, 0.6) is 5.75 Å². The van der Waals surface area contributed by atoms with Gasteiger partial charge in [-0.15, -0.1) is 0 Å². The van der Waals surface area contributed by atoms with E-state index in [0.717, 1.165) is 0 Å². The van der Waals surface area contributed by atoms with Crippen LogP contribution in [0, 0.1) is 0 Å². The number of alkyl halides is 2. The number of amides is 1. The highest BCUT2D eigenvalue weighted by Crippen LogP contribution is 2.25. The van der Waals surface area contributed by atoms with Crippen LogP contribution in [-0.4, -0.2) is 29.2 Å². The summed E-state index contributed by atoms with van der Waals surface area (Å²) < 4.78 is 35.7. The second-order valence-electron chi connectivity index (χ2n) is 4.92. The molecule has 24 heavy (non-hydrogen) atoms. The zero-order valence-corrected chi connectivity index (χ0v) is 13.0. The summed E-state index contributed by atoms with van der Waals surface area (Å²) >= 11 is 0. The number of halogens is 2. The number of carbonyl (C=O) groups excluding carboxylic acids is 2. The highest BCUT2D eigenvalue weighted by atomic mass is 19.3. The fraction of sp³-hybridized carbons (Fsp3) is 0.250. The Morgan fingerprint density at radius 1 is 1.17 bits per heavy atom. The highest BCUT2D eigenvalue weighted by Gasteiger charge is 2.21. The largest absolute Gasteiger partial charge is 0.448 e. The second kappa shape index (κ2) is 7.58. The van der Waals surface area contributed by atoms with Crippen LogP contribution >= 0.6 is 0 Å². The average molecular weight is 338 g/mol. The number of ether oxygens (including phenoxy) is 2. The number of aromatic nitrogens is 1. The maximum atomic E-state index is 12.4. The van der Waals surface area contributed by atoms with Crippen LogP contribution in [0.1, 0.15) is 17.4 Å². The molecule has 6 nitrogen and oxygen atoms in total. The lowest BCUT2D eigenvalue weighted by Gasteiger charge is -2.15. The van der Waals surface area contributed by atoms with E-state index in [1.54, 1.807) is 36.0 Å². The molecular weight excluding hydrogens is 322 g/mol. The monoisotopic (exact) mass is 338 g/mol. The highest BCUT2D eigenvalue weighted by molar-refractivity contribution is 5.97. The van der Waals surface area contributed by atoms with E-state index < -0.39 is 24.6 Å². The summed E-state index contributed by atoms with van der Waals surface area (Å²) in [7, 11) is 1.67. The number of aryl methyl sites for hydroxylation is 1. The van der Waals surface area contributed by atoms with Gasteiger partial charge in [0.05, 0.1) is 5.69 Å². The predicted molar refractivity (Wildman–Crippen MR) is 82.0 cm³/mol. The minimum absolute atomic E-state index is 0.0598. The van der Waals surface area contributed by atoms with Crippen LogP contribution in [0.15, 0.2) is 42.6 Å². The van der Waals surface area contributed by atoms with Crippen LogP contribution in [0.2, 0.25) is 0 Å². The first kappa shape index (κ1) is 17.5. The molecule has 0 aliphatic carbocycles. The standard InChI is InChI=1S/C16H16F2N2O4/c1-10(23-15(22)12-7-5-9-20(12)2)14(21)19-11-6-3-4-8-13(11)24-16(17)18/h3-10,16H,1-2H3,(H,19,21)/t10-/m1/s1. The first-order valence-corrected chi connectivity index (χ1v) is 7.05. The van der Waals surface area contributed by atoms with E-state index in [0.29, 0.717) is 0 Å². The van der Waals surface area contributed by atoms with Gasteiger partial charge in [-0.1, -0.05) is 12.1 Å². The predicted octanol–water partition coefficient (Wildman–Crippen LogP) is 2.81. The summed E-state index contributed by atoms with van der Waals surface area (Å²) in [5, 5.41) is 2.40. The summed E-state index contributed by atoms with van der Waals surface area (Å²) in [4.78, 5) is 24.1. The van der Waals surface area contributed by atoms with Crippen LogP contribution in [0.3, 0.4) is 0 Å². The normalized spacial score (nSPS) is 11.9. The van der Waals surface area contributed by atoms with Gasteiger partial charge in [-0.25, -0.2) is 4.79 Å². The molecule has 8 heteroatoms. The number of esters is 1. The number of rotatable bonds is 6. The van der Waals surface area contributed by atoms with Crippen LogP contribution in [0.4, 0.5) is 14.5 Å². The molecule has 0 radical (unpaired) electrons. The quantitative estimate of drug-likeness (QED) is 0.823. The molecule has 1 N–H and O–H groups in total. The molecular formula is C16H16F2N2O4. The molecule has 1 heterocycles. The molecule has 0 aliphatic heterocycles. The van der Waals surface area contributed by atoms with E-state index in [1.807, 2.05) is 0 Å². The Labute approximate surface area is 137 Å². The topological polar surface area (TPSA) is 69.6 Å². The lowest BCUT2D eigenvalue weighted by molar-refractivity contribution is -0.123. The van der Waals surface area contributed by atoms with Crippen molar-refractivity contribution in [1.29, 1.82) is 0 Å². The molecule has 128 valence electrons. The van der Waals surface area contributed by atoms with Crippen molar-refractivity contribution in [2.24, 2.45) is 7.05 Å². The van der Waals surface area contributed by atoms with E-state index in [1.165, 1.54) is 25.1 Å². The minimum Gasteiger partial charge on any atom is -0.448 e. The Morgan fingerprint density at radius 3 is 2.50 bits per heavy atom. The number of nitrogens with one attached hydrogen (secondary N) is 1. The maximum absolute atomic E-state index is 12.4. The fourth-order valence-electron chi connectivity index (χ4n) is 1.95. The molecule has 0 bridgehead atoms. The summed E-state index contributed by atoms with van der Waals surface area (Å²) in [5.41, 5.74) is 0.348. The van der Waals surface area contributed by atoms with Gasteiger partial charge in [0, 0.05) is 13.2 Å². The Balaban J connectivity index is 2.02. The average Bonchev–Trinajstić information content (AvgIpc) is 2.94. The van der Waals surface area contributed by atoms with E-state index in [-0.39, 0.29) is 17.1 Å². The van der Waals surface area contributed by atoms with Crippen molar-refractivity contribution in [2.45, 2.75) is 19.6 Å². The van der Waals surface area contributed by atoms with E-state index >= 15 is 0 Å². The molecule has 1 amide bonds. The van der Waals surface area contributed by atoms with Crippen LogP contribution in [0.25, 0.3) is 0 Å². The van der Waals surface area contributed by atoms with E-state index in [9.17, 15) is 18.4 Å². The third kappa shape index (κ3) is 4.31. The van der Waals surface area contributed by atoms with E-state index in [2.05, 4.69) is 10.1 Å². The minimum atomic E-state index is -3.02. The van der Waals surface area contributed by atoms with Gasteiger partial charge in [0.1, 0.15) is 11.4 Å². The molecule has 2 aromatic rings. The van der Waals surface area contributed by atoms with Crippen molar-refractivity contribution in [3.05, 3.63) is 48.3 Å². The molecule has 0 saturated carbocycles. The zero-order valence-electron chi connectivity index (χ0n) is 13.0. The Bertz CT molecular complexity index is 730. The molecule has 1 aromatic heterocycles. The number of hydrogen-bond acceptors (Lipinski definition) is 4. The van der Waals surface area contributed by atoms with Crippen molar-refractivity contribution >= 4 is 17.6 Å². The van der Waals surface area contributed by atoms with Crippen molar-refractivity contribution in [3.63, 3.8) is 0 Å². The lowest BCUT2D eigenvalue weighted by atomic mass is 10.2. The van der Waals surface area contributed by atoms with Gasteiger partial charge in [-0.3, -0.25) is 4.79 Å². The van der Waals surface area contributed by atoms with Crippen molar-refractivity contribution in [3.8, 4) is 5.75 Å². The van der Waals surface area contributed by atoms with Gasteiger partial charge in [0.2, 0.25) is 0 Å². The van der Waals surface area contributed by atoms with Crippen LogP contribution < -0.4 is 10.1 Å². The summed E-state index contributed by atoms with van der Waals surface area (Å²) in [6.45, 7) is -1.64. The summed E-state index contributed by atoms with van der Waals surface area (Å²) in [5.74, 6) is -1.51. The van der Waals surface area contributed by atoms with Gasteiger partial charge in [-0.05, 0) is 31.2 Å². The molecule has 0 spiro atoms. The Kier molecular flexibility index (Phi) is 5.51. The maximum Gasteiger partial charge on any atom is 0.387 e. The Hall–Kier alpha value is -2.90. The third-order valence-corrected chi connectivity index (χ3v) is 3.17. The first-order valence-electron chi connectivity index (χ1n) is 7.05. The zero-order chi connectivity index (χ0) is 17.7. The molecule has 2 rings (SSSR count). The number of carbonyl (C=O) groups is 2. The molecule has 1 aromatic carbocycles. The molecule has 0 saturated heterocycles. The molecule has 0 fully saturated rings. The van der Waals surface area contributed by atoms with Crippen molar-refractivity contribution in [1.82, 2.24) is 4.57 Å². The summed E-state index contributed by atoms with van der Waals surface area (Å²) in [6, 6.07) is 8.96. The molecule has 0 unspecified atom stereocenters. The fourth-order valence-corrected chi connectivity index (χ4v) is 1.95. The number of anilines is 1. The number of para-hydroxylation sites is 2. The van der Waals surface area contributed by atoms with Crippen molar-refractivity contribution in [2.75, 3.05) is 5.32 Å². The van der Waals surface area contributed by atoms with Crippen LogP contribution in [-0.2, 0) is 16.6 Å². The van der Waals surface area contributed by atoms with Gasteiger partial charge < -0.3 is 19.4 Å². The molecule has 1 atom stereocenters. The number of benzene rings is 1.